The van der Waals surface area contributed by atoms with Crippen LogP contribution in [0.4, 0.5) is 5.69 Å². The molecule has 0 amide bonds. The fraction of sp³-hybridized carbons (Fsp3) is 0.562. The normalized spacial score (nSPS) is 18.7. The number of guanidine groups is 1. The van der Waals surface area contributed by atoms with Gasteiger partial charge in [-0.15, -0.1) is 0 Å². The Kier molecular flexibility index (Phi) is 5.31. The van der Waals surface area contributed by atoms with Crippen molar-refractivity contribution < 1.29 is 13.2 Å². The lowest BCUT2D eigenvalue weighted by atomic mass is 9.99. The van der Waals surface area contributed by atoms with Crippen molar-refractivity contribution in [3.8, 4) is 0 Å². The van der Waals surface area contributed by atoms with Gasteiger partial charge in [-0.3, -0.25) is 4.99 Å². The number of nitrogens with zero attached hydrogens (tertiary/aromatic N) is 1. The summed E-state index contributed by atoms with van der Waals surface area (Å²) >= 11 is 0. The average Bonchev–Trinajstić information content (AvgIpc) is 2.49. The molecule has 2 rings (SSSR count). The molecule has 6 nitrogen and oxygen atoms in total. The molecular weight excluding hydrogens is 314 g/mol. The number of hydrogen-bond donors (Lipinski definition) is 2. The molecule has 1 heterocycles. The number of rotatable bonds is 4. The highest BCUT2D eigenvalue weighted by Gasteiger charge is 2.42. The van der Waals surface area contributed by atoms with Crippen LogP contribution in [0.3, 0.4) is 0 Å². The van der Waals surface area contributed by atoms with Crippen LogP contribution in [0.2, 0.25) is 0 Å². The van der Waals surface area contributed by atoms with Crippen LogP contribution >= 0.6 is 0 Å². The van der Waals surface area contributed by atoms with Gasteiger partial charge in [0.05, 0.1) is 11.3 Å². The summed E-state index contributed by atoms with van der Waals surface area (Å²) in [6.45, 7) is 5.09. The Morgan fingerprint density at radius 2 is 1.96 bits per heavy atom. The largest absolute Gasteiger partial charge is 0.381 e. The highest BCUT2D eigenvalue weighted by atomic mass is 32.2. The number of sulfone groups is 1. The number of anilines is 1. The van der Waals surface area contributed by atoms with E-state index >= 15 is 0 Å². The van der Waals surface area contributed by atoms with Crippen LogP contribution in [0.1, 0.15) is 24.0 Å². The van der Waals surface area contributed by atoms with Crippen molar-refractivity contribution in [3.05, 3.63) is 29.3 Å². The quantitative estimate of drug-likeness (QED) is 0.642. The fourth-order valence-electron chi connectivity index (χ4n) is 2.63. The van der Waals surface area contributed by atoms with E-state index in [0.717, 1.165) is 11.3 Å². The molecule has 0 radical (unpaired) electrons. The molecule has 0 spiro atoms. The number of aliphatic imine (C=N–C) groups is 1. The van der Waals surface area contributed by atoms with E-state index in [9.17, 15) is 8.42 Å². The summed E-state index contributed by atoms with van der Waals surface area (Å²) in [7, 11) is -3.24. The van der Waals surface area contributed by atoms with Crippen molar-refractivity contribution in [1.82, 2.24) is 0 Å². The maximum atomic E-state index is 12.2. The summed E-state index contributed by atoms with van der Waals surface area (Å²) in [5.74, 6) is 0.225. The van der Waals surface area contributed by atoms with Gasteiger partial charge in [-0.1, -0.05) is 6.07 Å². The van der Waals surface area contributed by atoms with E-state index in [-0.39, 0.29) is 12.5 Å². The number of nitrogens with two attached hydrogens (primary N) is 1. The molecule has 1 saturated heterocycles. The van der Waals surface area contributed by atoms with Crippen molar-refractivity contribution in [1.29, 1.82) is 0 Å². The van der Waals surface area contributed by atoms with Crippen LogP contribution in [-0.2, 0) is 14.6 Å². The Morgan fingerprint density at radius 3 is 2.52 bits per heavy atom. The van der Waals surface area contributed by atoms with E-state index < -0.39 is 14.6 Å². The standard InChI is InChI=1S/C16H25N3O3S/c1-12-4-5-14(10-13(12)2)19-15(17)18-11-16(23(3,20)21)6-8-22-9-7-16/h4-5,10H,6-9,11H2,1-3H3,(H3,17,18,19). The number of nitrogens with one attached hydrogen (secondary N) is 1. The maximum absolute atomic E-state index is 12.2. The van der Waals surface area contributed by atoms with E-state index in [0.29, 0.717) is 26.1 Å². The second kappa shape index (κ2) is 6.88. The number of aryl methyl sites for hydroxylation is 2. The minimum atomic E-state index is -3.24. The molecule has 1 aromatic carbocycles. The first-order valence-corrected chi connectivity index (χ1v) is 9.54. The van der Waals surface area contributed by atoms with Crippen molar-refractivity contribution in [2.24, 2.45) is 10.7 Å². The zero-order valence-electron chi connectivity index (χ0n) is 13.9. The molecule has 1 aliphatic rings. The first-order valence-electron chi connectivity index (χ1n) is 7.65. The average molecular weight is 339 g/mol. The molecule has 7 heteroatoms. The Bertz CT molecular complexity index is 693. The molecule has 1 aliphatic heterocycles. The van der Waals surface area contributed by atoms with Gasteiger partial charge in [0.25, 0.3) is 0 Å². The number of ether oxygens (including phenoxy) is 1. The van der Waals surface area contributed by atoms with Gasteiger partial charge in [0.15, 0.2) is 15.8 Å². The summed E-state index contributed by atoms with van der Waals surface area (Å²) in [6.07, 6.45) is 2.17. The monoisotopic (exact) mass is 339 g/mol. The van der Waals surface area contributed by atoms with Crippen LogP contribution in [0.15, 0.2) is 23.2 Å². The molecule has 23 heavy (non-hydrogen) atoms. The first-order chi connectivity index (χ1) is 10.7. The van der Waals surface area contributed by atoms with Gasteiger partial charge in [-0.05, 0) is 49.9 Å². The van der Waals surface area contributed by atoms with E-state index in [4.69, 9.17) is 10.5 Å². The minimum Gasteiger partial charge on any atom is -0.381 e. The van der Waals surface area contributed by atoms with Gasteiger partial charge >= 0.3 is 0 Å². The van der Waals surface area contributed by atoms with E-state index in [1.54, 1.807) is 0 Å². The van der Waals surface area contributed by atoms with Gasteiger partial charge in [-0.25, -0.2) is 8.42 Å². The summed E-state index contributed by atoms with van der Waals surface area (Å²) in [6, 6.07) is 5.91. The molecule has 0 bridgehead atoms. The first kappa shape index (κ1) is 17.7. The van der Waals surface area contributed by atoms with Gasteiger partial charge in [0.2, 0.25) is 0 Å². The van der Waals surface area contributed by atoms with E-state index in [1.807, 2.05) is 32.0 Å². The van der Waals surface area contributed by atoms with Crippen molar-refractivity contribution in [3.63, 3.8) is 0 Å². The van der Waals surface area contributed by atoms with Crippen molar-refractivity contribution >= 4 is 21.5 Å². The summed E-state index contributed by atoms with van der Waals surface area (Å²) < 4.78 is 28.8. The minimum absolute atomic E-state index is 0.152. The molecule has 0 aromatic heterocycles. The van der Waals surface area contributed by atoms with E-state index in [1.165, 1.54) is 11.8 Å². The highest BCUT2D eigenvalue weighted by Crippen LogP contribution is 2.29. The van der Waals surface area contributed by atoms with Gasteiger partial charge in [0, 0.05) is 25.2 Å². The van der Waals surface area contributed by atoms with Gasteiger partial charge in [0.1, 0.15) is 0 Å². The third kappa shape index (κ3) is 4.23. The third-order valence-electron chi connectivity index (χ3n) is 4.51. The Labute approximate surface area is 138 Å². The van der Waals surface area contributed by atoms with Crippen LogP contribution in [0, 0.1) is 13.8 Å². The molecule has 1 fully saturated rings. The maximum Gasteiger partial charge on any atom is 0.193 e. The molecule has 0 aliphatic carbocycles. The lowest BCUT2D eigenvalue weighted by Crippen LogP contribution is -2.46. The topological polar surface area (TPSA) is 93.8 Å². The zero-order chi connectivity index (χ0) is 17.1. The van der Waals surface area contributed by atoms with Crippen molar-refractivity contribution in [2.45, 2.75) is 31.4 Å². The summed E-state index contributed by atoms with van der Waals surface area (Å²) in [4.78, 5) is 4.28. The third-order valence-corrected chi connectivity index (χ3v) is 6.62. The molecule has 0 unspecified atom stereocenters. The molecule has 128 valence electrons. The zero-order valence-corrected chi connectivity index (χ0v) is 14.7. The smallest absolute Gasteiger partial charge is 0.193 e. The Hall–Kier alpha value is -1.60. The summed E-state index contributed by atoms with van der Waals surface area (Å²) in [5, 5.41) is 3.02. The predicted molar refractivity (Wildman–Crippen MR) is 93.7 cm³/mol. The molecule has 0 atom stereocenters. The highest BCUT2D eigenvalue weighted by molar-refractivity contribution is 7.92. The van der Waals surface area contributed by atoms with Gasteiger partial charge < -0.3 is 15.8 Å². The van der Waals surface area contributed by atoms with Crippen LogP contribution in [-0.4, -0.2) is 45.1 Å². The lowest BCUT2D eigenvalue weighted by Gasteiger charge is -2.34. The van der Waals surface area contributed by atoms with Crippen LogP contribution < -0.4 is 11.1 Å². The SMILES string of the molecule is Cc1ccc(NC(N)=NCC2(S(C)(=O)=O)CCOCC2)cc1C. The summed E-state index contributed by atoms with van der Waals surface area (Å²) in [5.41, 5.74) is 9.12. The second-order valence-electron chi connectivity index (χ2n) is 6.19. The van der Waals surface area contributed by atoms with Crippen LogP contribution in [0.25, 0.3) is 0 Å². The molecule has 3 N–H and O–H groups in total. The molecule has 1 aromatic rings. The Morgan fingerprint density at radius 1 is 1.30 bits per heavy atom. The lowest BCUT2D eigenvalue weighted by molar-refractivity contribution is 0.0768. The Balaban J connectivity index is 2.11. The number of benzene rings is 1. The van der Waals surface area contributed by atoms with Crippen molar-refractivity contribution in [2.75, 3.05) is 31.3 Å². The van der Waals surface area contributed by atoms with Gasteiger partial charge in [-0.2, -0.15) is 0 Å². The molecular formula is C16H25N3O3S. The number of hydrogen-bond acceptors (Lipinski definition) is 4. The van der Waals surface area contributed by atoms with E-state index in [2.05, 4.69) is 10.3 Å². The predicted octanol–water partition coefficient (Wildman–Crippen LogP) is 1.62. The second-order valence-corrected chi connectivity index (χ2v) is 8.60. The molecule has 0 saturated carbocycles. The fourth-order valence-corrected chi connectivity index (χ4v) is 3.83. The van der Waals surface area contributed by atoms with Crippen LogP contribution in [0.5, 0.6) is 0 Å².